The Balaban J connectivity index is 0.000000254. The molecule has 0 N–H and O–H groups in total. The molecule has 0 radical (unpaired) electrons. The fraction of sp³-hybridized carbons (Fsp3) is 0.167. The van der Waals surface area contributed by atoms with Gasteiger partial charge in [0.05, 0.1) is 0 Å². The van der Waals surface area contributed by atoms with Crippen molar-refractivity contribution in [3.63, 3.8) is 0 Å². The zero-order chi connectivity index (χ0) is 24.7. The fourth-order valence-electron chi connectivity index (χ4n) is 5.20. The van der Waals surface area contributed by atoms with Gasteiger partial charge in [-0.3, -0.25) is 0 Å². The van der Waals surface area contributed by atoms with E-state index in [1.54, 1.807) is 0 Å². The van der Waals surface area contributed by atoms with Crippen molar-refractivity contribution in [2.75, 3.05) is 0 Å². The van der Waals surface area contributed by atoms with Crippen LogP contribution in [0.25, 0.3) is 43.8 Å². The first-order valence-electron chi connectivity index (χ1n) is 13.2. The van der Waals surface area contributed by atoms with Gasteiger partial charge in [-0.25, -0.2) is 0 Å². The monoisotopic (exact) mass is 626 g/mol. The van der Waals surface area contributed by atoms with Gasteiger partial charge in [0.2, 0.25) is 0 Å². The van der Waals surface area contributed by atoms with Crippen LogP contribution < -0.4 is 24.8 Å². The minimum atomic E-state index is 0. The van der Waals surface area contributed by atoms with Crippen LogP contribution in [0, 0.1) is 0 Å². The van der Waals surface area contributed by atoms with Crippen LogP contribution in [0.2, 0.25) is 0 Å². The molecular formula is C36H34Cl2Zr. The zero-order valence-corrected chi connectivity index (χ0v) is 26.6. The van der Waals surface area contributed by atoms with E-state index in [0.717, 1.165) is 0 Å². The molecule has 0 unspecified atom stereocenters. The van der Waals surface area contributed by atoms with Crippen LogP contribution in [0.5, 0.6) is 0 Å². The first kappa shape index (κ1) is 32.8. The molecule has 6 aromatic rings. The largest absolute Gasteiger partial charge is 4.00 e. The first-order valence-corrected chi connectivity index (χ1v) is 13.2. The van der Waals surface area contributed by atoms with Gasteiger partial charge < -0.3 is 24.8 Å². The van der Waals surface area contributed by atoms with Gasteiger partial charge in [0.25, 0.3) is 0 Å². The number of hydrogen-bond acceptors (Lipinski definition) is 0. The van der Waals surface area contributed by atoms with Crippen molar-refractivity contribution in [3.05, 3.63) is 132 Å². The average molecular weight is 629 g/mol. The van der Waals surface area contributed by atoms with E-state index in [4.69, 9.17) is 0 Å². The Labute approximate surface area is 265 Å². The van der Waals surface area contributed by atoms with E-state index in [9.17, 15) is 0 Å². The second-order valence-electron chi connectivity index (χ2n) is 9.58. The number of aryl methyl sites for hydroxylation is 2. The fourth-order valence-corrected chi connectivity index (χ4v) is 5.20. The SMILES string of the molecule is CCCc1cc2c(-c3ccccc3)cccc2[cH-]1.CCCc1cc2c(-c3ccccc3)cccc2[cH-]1.[Cl-].[Cl-].[Zr+4]. The van der Waals surface area contributed by atoms with E-state index in [2.05, 4.69) is 135 Å². The summed E-state index contributed by atoms with van der Waals surface area (Å²) >= 11 is 0. The Morgan fingerprint density at radius 2 is 0.872 bits per heavy atom. The summed E-state index contributed by atoms with van der Waals surface area (Å²) in [6, 6.07) is 43.8. The Bertz CT molecular complexity index is 1430. The van der Waals surface area contributed by atoms with Crippen LogP contribution in [0.1, 0.15) is 37.8 Å². The Morgan fingerprint density at radius 3 is 1.23 bits per heavy atom. The summed E-state index contributed by atoms with van der Waals surface area (Å²) in [7, 11) is 0. The maximum absolute atomic E-state index is 2.35. The van der Waals surface area contributed by atoms with Gasteiger partial charge in [0.1, 0.15) is 0 Å². The standard InChI is InChI=1S/2C18H17.2ClH.Zr/c2*1-2-7-14-12-16-10-6-11-17(18(16)13-14)15-8-4-3-5-9-15;;;/h2*3-6,8-13H,2,7H2,1H3;2*1H;/q2*-1;;;+4/p-2. The molecule has 0 bridgehead atoms. The second kappa shape index (κ2) is 16.0. The van der Waals surface area contributed by atoms with E-state index in [1.165, 1.54) is 80.6 Å². The van der Waals surface area contributed by atoms with E-state index in [-0.39, 0.29) is 51.0 Å². The second-order valence-corrected chi connectivity index (χ2v) is 9.58. The molecule has 0 aliphatic rings. The summed E-state index contributed by atoms with van der Waals surface area (Å²) in [5.41, 5.74) is 8.20. The number of rotatable bonds is 6. The van der Waals surface area contributed by atoms with Gasteiger partial charge in [-0.15, -0.1) is 69.1 Å². The average Bonchev–Trinajstić information content (AvgIpc) is 3.53. The third-order valence-electron chi connectivity index (χ3n) is 6.87. The molecule has 0 heterocycles. The summed E-state index contributed by atoms with van der Waals surface area (Å²) < 4.78 is 0. The van der Waals surface area contributed by atoms with Crippen LogP contribution >= 0.6 is 0 Å². The molecule has 0 aromatic heterocycles. The first-order chi connectivity index (χ1) is 17.8. The maximum Gasteiger partial charge on any atom is 4.00 e. The zero-order valence-electron chi connectivity index (χ0n) is 22.6. The molecule has 196 valence electrons. The molecule has 6 aromatic carbocycles. The Morgan fingerprint density at radius 1 is 0.487 bits per heavy atom. The van der Waals surface area contributed by atoms with Crippen LogP contribution in [0.3, 0.4) is 0 Å². The van der Waals surface area contributed by atoms with Crippen molar-refractivity contribution in [2.45, 2.75) is 39.5 Å². The minimum absolute atomic E-state index is 0. The molecule has 0 nitrogen and oxygen atoms in total. The summed E-state index contributed by atoms with van der Waals surface area (Å²) in [6.07, 6.45) is 4.75. The number of halogens is 2. The van der Waals surface area contributed by atoms with Crippen molar-refractivity contribution in [3.8, 4) is 22.3 Å². The molecule has 39 heavy (non-hydrogen) atoms. The van der Waals surface area contributed by atoms with Gasteiger partial charge in [-0.05, 0) is 24.0 Å². The number of fused-ring (bicyclic) bond motifs is 2. The molecule has 6 rings (SSSR count). The van der Waals surface area contributed by atoms with E-state index < -0.39 is 0 Å². The van der Waals surface area contributed by atoms with Gasteiger partial charge in [0, 0.05) is 0 Å². The smallest absolute Gasteiger partial charge is 1.00 e. The Hall–Kier alpha value is -2.44. The molecule has 0 fully saturated rings. The molecule has 0 saturated carbocycles. The molecule has 0 aliphatic heterocycles. The predicted molar refractivity (Wildman–Crippen MR) is 158 cm³/mol. The quantitative estimate of drug-likeness (QED) is 0.241. The van der Waals surface area contributed by atoms with Gasteiger partial charge in [0.15, 0.2) is 0 Å². The summed E-state index contributed by atoms with van der Waals surface area (Å²) in [5.74, 6) is 0. The molecule has 3 heteroatoms. The number of hydrogen-bond donors (Lipinski definition) is 0. The Kier molecular flexibility index (Phi) is 13.4. The van der Waals surface area contributed by atoms with Crippen LogP contribution in [-0.4, -0.2) is 0 Å². The van der Waals surface area contributed by atoms with Crippen molar-refractivity contribution in [2.24, 2.45) is 0 Å². The molecule has 0 spiro atoms. The van der Waals surface area contributed by atoms with E-state index in [1.807, 2.05) is 0 Å². The van der Waals surface area contributed by atoms with Crippen molar-refractivity contribution in [1.82, 2.24) is 0 Å². The normalized spacial score (nSPS) is 10.1. The topological polar surface area (TPSA) is 0 Å². The third-order valence-corrected chi connectivity index (χ3v) is 6.87. The molecule has 0 saturated heterocycles. The predicted octanol–water partition coefficient (Wildman–Crippen LogP) is 4.36. The van der Waals surface area contributed by atoms with E-state index >= 15 is 0 Å². The van der Waals surface area contributed by atoms with Gasteiger partial charge >= 0.3 is 26.2 Å². The molecule has 0 aliphatic carbocycles. The van der Waals surface area contributed by atoms with Gasteiger partial charge in [-0.1, -0.05) is 111 Å². The number of benzene rings is 4. The van der Waals surface area contributed by atoms with Crippen LogP contribution in [-0.2, 0) is 39.0 Å². The molecule has 0 atom stereocenters. The van der Waals surface area contributed by atoms with Gasteiger partial charge in [-0.2, -0.15) is 12.1 Å². The van der Waals surface area contributed by atoms with Crippen molar-refractivity contribution < 1.29 is 51.0 Å². The third kappa shape index (κ3) is 7.82. The minimum Gasteiger partial charge on any atom is -1.00 e. The summed E-state index contributed by atoms with van der Waals surface area (Å²) in [4.78, 5) is 0. The molecule has 0 amide bonds. The molecular weight excluding hydrogens is 595 g/mol. The van der Waals surface area contributed by atoms with Crippen LogP contribution in [0.15, 0.2) is 121 Å². The summed E-state index contributed by atoms with van der Waals surface area (Å²) in [6.45, 7) is 4.46. The maximum atomic E-state index is 2.35. The summed E-state index contributed by atoms with van der Waals surface area (Å²) in [5, 5.41) is 5.49. The van der Waals surface area contributed by atoms with Crippen molar-refractivity contribution in [1.29, 1.82) is 0 Å². The van der Waals surface area contributed by atoms with Crippen LogP contribution in [0.4, 0.5) is 0 Å². The van der Waals surface area contributed by atoms with Crippen molar-refractivity contribution >= 4 is 21.5 Å². The van der Waals surface area contributed by atoms with E-state index in [0.29, 0.717) is 0 Å².